The predicted molar refractivity (Wildman–Crippen MR) is 71.0 cm³/mol. The number of hydrogen-bond donors (Lipinski definition) is 1. The summed E-state index contributed by atoms with van der Waals surface area (Å²) in [5.74, 6) is -0.236. The third-order valence-corrected chi connectivity index (χ3v) is 3.33. The van der Waals surface area contributed by atoms with Gasteiger partial charge in [-0.05, 0) is 25.1 Å². The molecular weight excluding hydrogens is 244 g/mol. The van der Waals surface area contributed by atoms with Gasteiger partial charge < -0.3 is 14.9 Å². The number of carbonyl (C=O) groups is 2. The maximum Gasteiger partial charge on any atom is 0.254 e. The average molecular weight is 262 g/mol. The van der Waals surface area contributed by atoms with Gasteiger partial charge in [0.15, 0.2) is 0 Å². The van der Waals surface area contributed by atoms with E-state index in [2.05, 4.69) is 0 Å². The van der Waals surface area contributed by atoms with E-state index in [-0.39, 0.29) is 11.8 Å². The highest BCUT2D eigenvalue weighted by Gasteiger charge is 2.29. The largest absolute Gasteiger partial charge is 0.389 e. The number of carbonyl (C=O) groups excluding carboxylic acids is 2. The second kappa shape index (κ2) is 5.40. The Balaban J connectivity index is 2.15. The number of nitrogens with zero attached hydrogens (tertiary/aromatic N) is 2. The Morgan fingerprint density at radius 3 is 2.58 bits per heavy atom. The minimum Gasteiger partial charge on any atom is -0.389 e. The standard InChI is InChI=1S/C14H18N2O3/c1-3-15(2)13(18)10-5-4-6-11(7-10)14(19)16-8-12(17)9-16/h4-7,12,17H,3,8-9H2,1-2H3. The maximum absolute atomic E-state index is 12.1. The minimum absolute atomic E-state index is 0.0965. The first-order valence-corrected chi connectivity index (χ1v) is 6.35. The number of rotatable bonds is 3. The van der Waals surface area contributed by atoms with Crippen LogP contribution in [0.4, 0.5) is 0 Å². The summed E-state index contributed by atoms with van der Waals surface area (Å²) in [6, 6.07) is 6.72. The first kappa shape index (κ1) is 13.5. The van der Waals surface area contributed by atoms with Crippen molar-refractivity contribution in [2.75, 3.05) is 26.7 Å². The average Bonchev–Trinajstić information content (AvgIpc) is 2.41. The second-order valence-electron chi connectivity index (χ2n) is 4.76. The molecule has 0 bridgehead atoms. The highest BCUT2D eigenvalue weighted by molar-refractivity contribution is 5.99. The zero-order chi connectivity index (χ0) is 14.0. The molecule has 0 atom stereocenters. The molecule has 0 aromatic heterocycles. The topological polar surface area (TPSA) is 60.9 Å². The molecule has 5 nitrogen and oxygen atoms in total. The summed E-state index contributed by atoms with van der Waals surface area (Å²) in [4.78, 5) is 27.3. The monoisotopic (exact) mass is 262 g/mol. The quantitative estimate of drug-likeness (QED) is 0.867. The number of aliphatic hydroxyl groups is 1. The maximum atomic E-state index is 12.1. The van der Waals surface area contributed by atoms with Crippen LogP contribution in [0.2, 0.25) is 0 Å². The minimum atomic E-state index is -0.417. The van der Waals surface area contributed by atoms with Crippen LogP contribution in [0, 0.1) is 0 Å². The molecule has 5 heteroatoms. The number of aliphatic hydroxyl groups excluding tert-OH is 1. The molecule has 1 N–H and O–H groups in total. The zero-order valence-corrected chi connectivity index (χ0v) is 11.2. The van der Waals surface area contributed by atoms with Crippen LogP contribution in [0.5, 0.6) is 0 Å². The van der Waals surface area contributed by atoms with E-state index in [1.165, 1.54) is 0 Å². The normalized spacial score (nSPS) is 15.0. The second-order valence-corrected chi connectivity index (χ2v) is 4.76. The number of hydrogen-bond acceptors (Lipinski definition) is 3. The third kappa shape index (κ3) is 2.76. The first-order valence-electron chi connectivity index (χ1n) is 6.35. The fourth-order valence-corrected chi connectivity index (χ4v) is 1.95. The Morgan fingerprint density at radius 2 is 2.00 bits per heavy atom. The smallest absolute Gasteiger partial charge is 0.254 e. The SMILES string of the molecule is CCN(C)C(=O)c1cccc(C(=O)N2CC(O)C2)c1. The Bertz CT molecular complexity index is 495. The van der Waals surface area contributed by atoms with Gasteiger partial charge in [-0.1, -0.05) is 6.07 Å². The van der Waals surface area contributed by atoms with Crippen molar-refractivity contribution in [3.05, 3.63) is 35.4 Å². The molecule has 1 aliphatic heterocycles. The summed E-state index contributed by atoms with van der Waals surface area (Å²) >= 11 is 0. The summed E-state index contributed by atoms with van der Waals surface area (Å²) < 4.78 is 0. The highest BCUT2D eigenvalue weighted by Crippen LogP contribution is 2.15. The molecule has 1 aromatic rings. The lowest BCUT2D eigenvalue weighted by Crippen LogP contribution is -2.53. The van der Waals surface area contributed by atoms with Gasteiger partial charge in [-0.25, -0.2) is 0 Å². The van der Waals surface area contributed by atoms with E-state index in [1.54, 1.807) is 41.1 Å². The lowest BCUT2D eigenvalue weighted by Gasteiger charge is -2.35. The fraction of sp³-hybridized carbons (Fsp3) is 0.429. The van der Waals surface area contributed by atoms with Crippen LogP contribution in [0.3, 0.4) is 0 Å². The summed E-state index contributed by atoms with van der Waals surface area (Å²) in [6.07, 6.45) is -0.417. The van der Waals surface area contributed by atoms with Crippen molar-refractivity contribution in [3.63, 3.8) is 0 Å². The van der Waals surface area contributed by atoms with Crippen LogP contribution < -0.4 is 0 Å². The number of benzene rings is 1. The number of amides is 2. The first-order chi connectivity index (χ1) is 9.02. The molecule has 1 heterocycles. The summed E-state index contributed by atoms with van der Waals surface area (Å²) in [5.41, 5.74) is 0.999. The van der Waals surface area contributed by atoms with Crippen molar-refractivity contribution >= 4 is 11.8 Å². The van der Waals surface area contributed by atoms with Crippen molar-refractivity contribution in [2.45, 2.75) is 13.0 Å². The molecule has 1 fully saturated rings. The Morgan fingerprint density at radius 1 is 1.37 bits per heavy atom. The van der Waals surface area contributed by atoms with Crippen LogP contribution in [-0.4, -0.2) is 59.5 Å². The molecular formula is C14H18N2O3. The highest BCUT2D eigenvalue weighted by atomic mass is 16.3. The lowest BCUT2D eigenvalue weighted by molar-refractivity contribution is 0.00589. The lowest BCUT2D eigenvalue weighted by atomic mass is 10.1. The molecule has 0 unspecified atom stereocenters. The van der Waals surface area contributed by atoms with Crippen molar-refractivity contribution in [3.8, 4) is 0 Å². The Kier molecular flexibility index (Phi) is 3.85. The van der Waals surface area contributed by atoms with E-state index < -0.39 is 6.10 Å². The molecule has 102 valence electrons. The van der Waals surface area contributed by atoms with Gasteiger partial charge in [0, 0.05) is 37.8 Å². The molecule has 0 saturated carbocycles. The number of likely N-dealkylation sites (tertiary alicyclic amines) is 1. The van der Waals surface area contributed by atoms with Gasteiger partial charge >= 0.3 is 0 Å². The molecule has 1 aromatic carbocycles. The van der Waals surface area contributed by atoms with Gasteiger partial charge in [0.1, 0.15) is 0 Å². The van der Waals surface area contributed by atoms with Crippen molar-refractivity contribution < 1.29 is 14.7 Å². The van der Waals surface area contributed by atoms with Crippen molar-refractivity contribution in [2.24, 2.45) is 0 Å². The molecule has 1 aliphatic rings. The predicted octanol–water partition coefficient (Wildman–Crippen LogP) is 0.595. The Hall–Kier alpha value is -1.88. The molecule has 2 rings (SSSR count). The molecule has 2 amide bonds. The molecule has 1 saturated heterocycles. The van der Waals surface area contributed by atoms with Gasteiger partial charge in [0.05, 0.1) is 6.10 Å². The van der Waals surface area contributed by atoms with Crippen LogP contribution >= 0.6 is 0 Å². The third-order valence-electron chi connectivity index (χ3n) is 3.33. The van der Waals surface area contributed by atoms with E-state index in [9.17, 15) is 14.7 Å². The summed E-state index contributed by atoms with van der Waals surface area (Å²) in [6.45, 7) is 3.25. The molecule has 0 spiro atoms. The van der Waals surface area contributed by atoms with Crippen LogP contribution in [0.25, 0.3) is 0 Å². The fourth-order valence-electron chi connectivity index (χ4n) is 1.95. The van der Waals surface area contributed by atoms with Gasteiger partial charge in [-0.2, -0.15) is 0 Å². The van der Waals surface area contributed by atoms with Gasteiger partial charge in [0.25, 0.3) is 11.8 Å². The van der Waals surface area contributed by atoms with Gasteiger partial charge in [-0.15, -0.1) is 0 Å². The van der Waals surface area contributed by atoms with Crippen LogP contribution in [0.1, 0.15) is 27.6 Å². The summed E-state index contributed by atoms with van der Waals surface area (Å²) in [7, 11) is 1.72. The van der Waals surface area contributed by atoms with Gasteiger partial charge in [-0.3, -0.25) is 9.59 Å². The van der Waals surface area contributed by atoms with Crippen molar-refractivity contribution in [1.29, 1.82) is 0 Å². The number of β-amino-alcohol motifs (C(OH)–C–C–N with tert-alkyl or cyclic N) is 1. The van der Waals surface area contributed by atoms with E-state index in [0.717, 1.165) is 0 Å². The van der Waals surface area contributed by atoms with Crippen molar-refractivity contribution in [1.82, 2.24) is 9.80 Å². The van der Waals surface area contributed by atoms with E-state index >= 15 is 0 Å². The zero-order valence-electron chi connectivity index (χ0n) is 11.2. The molecule has 0 aliphatic carbocycles. The van der Waals surface area contributed by atoms with Gasteiger partial charge in [0.2, 0.25) is 0 Å². The van der Waals surface area contributed by atoms with Crippen LogP contribution in [-0.2, 0) is 0 Å². The van der Waals surface area contributed by atoms with E-state index in [4.69, 9.17) is 0 Å². The molecule has 19 heavy (non-hydrogen) atoms. The summed E-state index contributed by atoms with van der Waals surface area (Å²) in [5, 5.41) is 9.21. The van der Waals surface area contributed by atoms with E-state index in [1.807, 2.05) is 6.92 Å². The van der Waals surface area contributed by atoms with E-state index in [0.29, 0.717) is 30.8 Å². The molecule has 0 radical (unpaired) electrons. The Labute approximate surface area is 112 Å². The van der Waals surface area contributed by atoms with Crippen LogP contribution in [0.15, 0.2) is 24.3 Å².